The van der Waals surface area contributed by atoms with Crippen LogP contribution in [0.2, 0.25) is 0 Å². The average Bonchev–Trinajstić information content (AvgIpc) is 3.32. The van der Waals surface area contributed by atoms with Crippen LogP contribution in [0, 0.1) is 0 Å². The summed E-state index contributed by atoms with van der Waals surface area (Å²) in [6.07, 6.45) is 0.737. The summed E-state index contributed by atoms with van der Waals surface area (Å²) in [6.45, 7) is 2.84. The van der Waals surface area contributed by atoms with Crippen molar-refractivity contribution in [3.63, 3.8) is 0 Å². The van der Waals surface area contributed by atoms with Gasteiger partial charge in [0.15, 0.2) is 10.8 Å². The Morgan fingerprint density at radius 1 is 1.18 bits per heavy atom. The number of nitrogens with two attached hydrogens (primary N) is 1. The van der Waals surface area contributed by atoms with Gasteiger partial charge in [-0.25, -0.2) is 9.78 Å². The number of methoxy groups -OCH3 is 1. The van der Waals surface area contributed by atoms with Crippen LogP contribution in [0.4, 0.5) is 10.8 Å². The number of β-lactam (4-membered cyclic amide) rings is 1. The third-order valence-electron chi connectivity index (χ3n) is 5.91. The normalized spacial score (nSPS) is 15.6. The first-order chi connectivity index (χ1) is 18.1. The lowest BCUT2D eigenvalue weighted by Crippen LogP contribution is -2.65. The van der Waals surface area contributed by atoms with Crippen molar-refractivity contribution in [3.05, 3.63) is 70.7 Å². The molecule has 12 heteroatoms. The van der Waals surface area contributed by atoms with Crippen LogP contribution in [-0.4, -0.2) is 58.9 Å². The van der Waals surface area contributed by atoms with Gasteiger partial charge >= 0.3 is 5.97 Å². The van der Waals surface area contributed by atoms with E-state index < -0.39 is 23.5 Å². The number of nitrogens with one attached hydrogen (secondary N) is 1. The molecular formula is C26H27N5O6S. The van der Waals surface area contributed by atoms with Crippen molar-refractivity contribution in [3.8, 4) is 5.75 Å². The lowest BCUT2D eigenvalue weighted by molar-refractivity contribution is -0.161. The summed E-state index contributed by atoms with van der Waals surface area (Å²) >= 11 is 1.08. The van der Waals surface area contributed by atoms with Crippen LogP contribution in [0.1, 0.15) is 30.7 Å². The van der Waals surface area contributed by atoms with Crippen LogP contribution >= 0.6 is 11.3 Å². The number of carboxylic acids is 1. The summed E-state index contributed by atoms with van der Waals surface area (Å²) in [5.74, 6) is -1.49. The summed E-state index contributed by atoms with van der Waals surface area (Å²) in [4.78, 5) is 47.8. The number of oxime groups is 1. The summed E-state index contributed by atoms with van der Waals surface area (Å²) in [5.41, 5.74) is 6.76. The molecule has 4 N–H and O–H groups in total. The fraction of sp³-hybridized carbons (Fsp3) is 0.269. The predicted molar refractivity (Wildman–Crippen MR) is 142 cm³/mol. The highest BCUT2D eigenvalue weighted by molar-refractivity contribution is 7.13. The van der Waals surface area contributed by atoms with Crippen LogP contribution in [0.5, 0.6) is 5.75 Å². The van der Waals surface area contributed by atoms with Gasteiger partial charge in [0, 0.05) is 11.1 Å². The molecule has 1 aromatic heterocycles. The van der Waals surface area contributed by atoms with Crippen LogP contribution in [0.3, 0.4) is 0 Å². The fourth-order valence-corrected chi connectivity index (χ4v) is 4.11. The monoisotopic (exact) mass is 537 g/mol. The second-order valence-corrected chi connectivity index (χ2v) is 9.97. The Kier molecular flexibility index (Phi) is 7.62. The maximum Gasteiger partial charge on any atom is 0.350 e. The molecule has 38 heavy (non-hydrogen) atoms. The Bertz CT molecular complexity index is 1370. The van der Waals surface area contributed by atoms with Crippen LogP contribution in [0.15, 0.2) is 59.1 Å². The van der Waals surface area contributed by atoms with E-state index in [4.69, 9.17) is 15.3 Å². The van der Waals surface area contributed by atoms with E-state index in [1.54, 1.807) is 12.0 Å². The number of carbonyl (C=O) groups excluding carboxylic acids is 2. The first-order valence-electron chi connectivity index (χ1n) is 11.6. The van der Waals surface area contributed by atoms with E-state index in [9.17, 15) is 19.5 Å². The molecule has 198 valence electrons. The van der Waals surface area contributed by atoms with Crippen LogP contribution in [0.25, 0.3) is 0 Å². The second-order valence-electron chi connectivity index (χ2n) is 9.08. The number of amides is 2. The number of aromatic nitrogens is 1. The van der Waals surface area contributed by atoms with Crippen molar-refractivity contribution in [2.24, 2.45) is 5.16 Å². The molecular weight excluding hydrogens is 510 g/mol. The molecule has 0 radical (unpaired) electrons. The highest BCUT2D eigenvalue weighted by Crippen LogP contribution is 2.24. The van der Waals surface area contributed by atoms with Gasteiger partial charge in [-0.2, -0.15) is 0 Å². The maximum atomic E-state index is 13.0. The quantitative estimate of drug-likeness (QED) is 0.202. The molecule has 11 nitrogen and oxygen atoms in total. The number of ether oxygens (including phenoxy) is 1. The number of hydrogen-bond donors (Lipinski definition) is 3. The lowest BCUT2D eigenvalue weighted by atomic mass is 10.0. The van der Waals surface area contributed by atoms with Gasteiger partial charge in [-0.05, 0) is 55.7 Å². The van der Waals surface area contributed by atoms with E-state index in [2.05, 4.69) is 15.5 Å². The SMILES string of the molecule is COc1ccc(Cc2ccc(N3CC(NC(=O)C(=NOC(C)(C)C(=O)O)c4csc(N)n4)C3=O)cc2)cc1. The average molecular weight is 538 g/mol. The van der Waals surface area contributed by atoms with Crippen molar-refractivity contribution in [1.82, 2.24) is 10.3 Å². The molecule has 0 saturated carbocycles. The number of thiazole rings is 1. The molecule has 1 atom stereocenters. The van der Waals surface area contributed by atoms with Gasteiger partial charge in [0.05, 0.1) is 13.7 Å². The lowest BCUT2D eigenvalue weighted by Gasteiger charge is -2.38. The summed E-state index contributed by atoms with van der Waals surface area (Å²) < 4.78 is 5.19. The first-order valence-corrected chi connectivity index (χ1v) is 12.5. The van der Waals surface area contributed by atoms with Crippen molar-refractivity contribution in [2.45, 2.75) is 31.9 Å². The molecule has 2 heterocycles. The van der Waals surface area contributed by atoms with E-state index in [0.29, 0.717) is 5.69 Å². The van der Waals surface area contributed by atoms with Crippen molar-refractivity contribution in [1.29, 1.82) is 0 Å². The van der Waals surface area contributed by atoms with Crippen molar-refractivity contribution >= 4 is 45.7 Å². The van der Waals surface area contributed by atoms with Crippen LogP contribution in [-0.2, 0) is 25.6 Å². The number of carbonyl (C=O) groups is 3. The number of aliphatic carboxylic acids is 1. The number of carboxylic acid groups (broad SMARTS) is 1. The van der Waals surface area contributed by atoms with E-state index in [0.717, 1.165) is 34.6 Å². The predicted octanol–water partition coefficient (Wildman–Crippen LogP) is 2.44. The van der Waals surface area contributed by atoms with Gasteiger partial charge in [-0.1, -0.05) is 29.4 Å². The highest BCUT2D eigenvalue weighted by atomic mass is 32.1. The minimum Gasteiger partial charge on any atom is -0.497 e. The molecule has 2 aromatic carbocycles. The summed E-state index contributed by atoms with van der Waals surface area (Å²) in [5, 5.41) is 17.3. The highest BCUT2D eigenvalue weighted by Gasteiger charge is 2.40. The summed E-state index contributed by atoms with van der Waals surface area (Å²) in [7, 11) is 1.63. The Morgan fingerprint density at radius 3 is 2.34 bits per heavy atom. The molecule has 1 unspecified atom stereocenters. The van der Waals surface area contributed by atoms with E-state index >= 15 is 0 Å². The third kappa shape index (κ3) is 5.92. The van der Waals surface area contributed by atoms with Gasteiger partial charge in [0.25, 0.3) is 11.8 Å². The molecule has 1 aliphatic rings. The third-order valence-corrected chi connectivity index (χ3v) is 6.58. The number of nitrogens with zero attached hydrogens (tertiary/aromatic N) is 3. The summed E-state index contributed by atoms with van der Waals surface area (Å²) in [6, 6.07) is 14.7. The van der Waals surface area contributed by atoms with E-state index in [1.807, 2.05) is 48.5 Å². The zero-order valence-corrected chi connectivity index (χ0v) is 21.8. The Balaban J connectivity index is 1.39. The molecule has 1 fully saturated rings. The number of hydrogen-bond acceptors (Lipinski definition) is 9. The minimum atomic E-state index is -1.68. The van der Waals surface area contributed by atoms with Crippen molar-refractivity contribution in [2.75, 3.05) is 24.3 Å². The number of anilines is 2. The topological polar surface area (TPSA) is 156 Å². The molecule has 0 spiro atoms. The molecule has 0 aliphatic carbocycles. The Labute approximate surface area is 222 Å². The fourth-order valence-electron chi connectivity index (χ4n) is 3.57. The Morgan fingerprint density at radius 2 is 1.82 bits per heavy atom. The molecule has 3 aromatic rings. The van der Waals surface area contributed by atoms with Crippen LogP contribution < -0.4 is 20.7 Å². The smallest absolute Gasteiger partial charge is 0.350 e. The molecule has 4 rings (SSSR count). The molecule has 1 aliphatic heterocycles. The van der Waals surface area contributed by atoms with Gasteiger partial charge in [-0.15, -0.1) is 11.3 Å². The van der Waals surface area contributed by atoms with E-state index in [-0.39, 0.29) is 29.0 Å². The van der Waals surface area contributed by atoms with Gasteiger partial charge in [0.1, 0.15) is 17.5 Å². The van der Waals surface area contributed by atoms with Gasteiger partial charge in [0.2, 0.25) is 5.60 Å². The Hall–Kier alpha value is -4.45. The number of nitrogen functional groups attached to an aromatic ring is 1. The molecule has 0 bridgehead atoms. The number of rotatable bonds is 10. The largest absolute Gasteiger partial charge is 0.497 e. The van der Waals surface area contributed by atoms with Gasteiger partial charge in [-0.3, -0.25) is 9.59 Å². The standard InChI is InChI=1S/C26H27N5O6S/c1-26(2,24(34)35)37-30-21(20-14-38-25(27)29-20)22(32)28-19-13-31(23(19)33)17-8-4-15(5-9-17)12-16-6-10-18(36-3)11-7-16/h4-11,14,19H,12-13H2,1-3H3,(H2,27,29)(H,28,32)(H,34,35). The molecule has 2 amide bonds. The number of benzene rings is 2. The first kappa shape index (κ1) is 26.6. The minimum absolute atomic E-state index is 0.113. The second kappa shape index (κ2) is 10.9. The zero-order chi connectivity index (χ0) is 27.4. The van der Waals surface area contributed by atoms with Gasteiger partial charge < -0.3 is 30.6 Å². The molecule has 1 saturated heterocycles. The zero-order valence-electron chi connectivity index (χ0n) is 21.0. The maximum absolute atomic E-state index is 13.0. The van der Waals surface area contributed by atoms with E-state index in [1.165, 1.54) is 19.2 Å². The van der Waals surface area contributed by atoms with Crippen molar-refractivity contribution < 1.29 is 29.1 Å².